The van der Waals surface area contributed by atoms with E-state index in [1.54, 1.807) is 24.3 Å². The number of nitrogens with one attached hydrogen (secondary N) is 3. The Balaban J connectivity index is 2.04. The van der Waals surface area contributed by atoms with Crippen LogP contribution in [0.25, 0.3) is 0 Å². The molecule has 0 aliphatic carbocycles. The number of benzene rings is 1. The lowest BCUT2D eigenvalue weighted by Gasteiger charge is -2.11. The third-order valence-corrected chi connectivity index (χ3v) is 2.92. The topological polar surface area (TPSA) is 83.1 Å². The molecular formula is C16H17FN4O2. The maximum atomic E-state index is 13.2. The fraction of sp³-hybridized carbons (Fsp3) is 0.188. The number of pyridine rings is 1. The van der Waals surface area contributed by atoms with Crippen molar-refractivity contribution < 1.29 is 14.0 Å². The number of carbonyl (C=O) groups is 2. The summed E-state index contributed by atoms with van der Waals surface area (Å²) in [5.74, 6) is -0.543. The van der Waals surface area contributed by atoms with Crippen molar-refractivity contribution in [3.63, 3.8) is 0 Å². The number of hydrogen-bond acceptors (Lipinski definition) is 4. The minimum Gasteiger partial charge on any atom is -0.355 e. The zero-order chi connectivity index (χ0) is 16.7. The van der Waals surface area contributed by atoms with E-state index < -0.39 is 0 Å². The van der Waals surface area contributed by atoms with Crippen LogP contribution in [-0.4, -0.2) is 29.9 Å². The molecule has 3 N–H and O–H groups in total. The molecule has 1 aromatic carbocycles. The van der Waals surface area contributed by atoms with E-state index in [4.69, 9.17) is 0 Å². The summed E-state index contributed by atoms with van der Waals surface area (Å²) in [5.41, 5.74) is 0.829. The van der Waals surface area contributed by atoms with Gasteiger partial charge in [0.1, 0.15) is 11.6 Å². The molecule has 7 heteroatoms. The van der Waals surface area contributed by atoms with Gasteiger partial charge in [-0.1, -0.05) is 6.07 Å². The van der Waals surface area contributed by atoms with E-state index >= 15 is 0 Å². The molecule has 0 atom stereocenters. The Hall–Kier alpha value is -2.96. The molecule has 0 radical (unpaired) electrons. The maximum absolute atomic E-state index is 13.2. The number of amides is 2. The first-order valence-corrected chi connectivity index (χ1v) is 7.06. The number of nitrogens with zero attached hydrogens (tertiary/aromatic N) is 1. The van der Waals surface area contributed by atoms with Crippen molar-refractivity contribution in [2.45, 2.75) is 6.92 Å². The van der Waals surface area contributed by atoms with Gasteiger partial charge < -0.3 is 16.0 Å². The normalized spacial score (nSPS) is 10.0. The summed E-state index contributed by atoms with van der Waals surface area (Å²) in [6.45, 7) is 2.05. The molecule has 120 valence electrons. The Labute approximate surface area is 133 Å². The van der Waals surface area contributed by atoms with Crippen LogP contribution in [0.5, 0.6) is 0 Å². The van der Waals surface area contributed by atoms with Crippen LogP contribution in [0.2, 0.25) is 0 Å². The fourth-order valence-corrected chi connectivity index (χ4v) is 1.90. The highest BCUT2D eigenvalue weighted by Gasteiger charge is 2.12. The third kappa shape index (κ3) is 5.06. The molecule has 1 aromatic heterocycles. The number of anilines is 2. The second kappa shape index (κ2) is 7.88. The Morgan fingerprint density at radius 2 is 1.91 bits per heavy atom. The molecule has 0 bridgehead atoms. The number of carbonyl (C=O) groups excluding carboxylic acids is 2. The lowest BCUT2D eigenvalue weighted by molar-refractivity contribution is -0.118. The van der Waals surface area contributed by atoms with Crippen LogP contribution in [0.15, 0.2) is 42.6 Å². The van der Waals surface area contributed by atoms with Crippen LogP contribution >= 0.6 is 0 Å². The van der Waals surface area contributed by atoms with Crippen molar-refractivity contribution in [3.05, 3.63) is 54.0 Å². The molecule has 0 aliphatic rings. The zero-order valence-corrected chi connectivity index (χ0v) is 12.6. The molecular weight excluding hydrogens is 299 g/mol. The van der Waals surface area contributed by atoms with E-state index in [-0.39, 0.29) is 17.6 Å². The Morgan fingerprint density at radius 1 is 1.13 bits per heavy atom. The molecule has 0 spiro atoms. The molecule has 6 nitrogen and oxygen atoms in total. The van der Waals surface area contributed by atoms with Gasteiger partial charge in [0, 0.05) is 31.9 Å². The standard InChI is InChI=1S/C16H17FN4O2/c1-11(22)18-8-9-20-16(23)14-6-3-7-19-15(14)21-13-5-2-4-12(17)10-13/h2-7,10H,8-9H2,1H3,(H,18,22)(H,19,21)(H,20,23). The smallest absolute Gasteiger partial charge is 0.255 e. The summed E-state index contributed by atoms with van der Waals surface area (Å²) in [6.07, 6.45) is 1.54. The molecule has 0 saturated heterocycles. The first-order valence-electron chi connectivity index (χ1n) is 7.06. The van der Waals surface area contributed by atoms with Crippen LogP contribution in [0.4, 0.5) is 15.9 Å². The number of aromatic nitrogens is 1. The Kier molecular flexibility index (Phi) is 5.62. The fourth-order valence-electron chi connectivity index (χ4n) is 1.90. The van der Waals surface area contributed by atoms with E-state index in [0.717, 1.165) is 0 Å². The van der Waals surface area contributed by atoms with Gasteiger partial charge in [-0.3, -0.25) is 9.59 Å². The molecule has 23 heavy (non-hydrogen) atoms. The maximum Gasteiger partial charge on any atom is 0.255 e. The lowest BCUT2D eigenvalue weighted by atomic mass is 10.2. The van der Waals surface area contributed by atoms with Crippen molar-refractivity contribution in [2.24, 2.45) is 0 Å². The zero-order valence-electron chi connectivity index (χ0n) is 12.6. The predicted molar refractivity (Wildman–Crippen MR) is 84.9 cm³/mol. The van der Waals surface area contributed by atoms with Gasteiger partial charge in [0.25, 0.3) is 5.91 Å². The SMILES string of the molecule is CC(=O)NCCNC(=O)c1cccnc1Nc1cccc(F)c1. The van der Waals surface area contributed by atoms with Crippen molar-refractivity contribution in [1.29, 1.82) is 0 Å². The van der Waals surface area contributed by atoms with Gasteiger partial charge in [0.15, 0.2) is 0 Å². The van der Waals surface area contributed by atoms with Crippen molar-refractivity contribution in [1.82, 2.24) is 15.6 Å². The highest BCUT2D eigenvalue weighted by molar-refractivity contribution is 5.99. The van der Waals surface area contributed by atoms with Gasteiger partial charge in [-0.2, -0.15) is 0 Å². The summed E-state index contributed by atoms with van der Waals surface area (Å²) in [7, 11) is 0. The van der Waals surface area contributed by atoms with Crippen LogP contribution < -0.4 is 16.0 Å². The van der Waals surface area contributed by atoms with Crippen LogP contribution in [0.3, 0.4) is 0 Å². The lowest BCUT2D eigenvalue weighted by Crippen LogP contribution is -2.33. The minimum absolute atomic E-state index is 0.158. The summed E-state index contributed by atoms with van der Waals surface area (Å²) in [4.78, 5) is 27.1. The first kappa shape index (κ1) is 16.4. The predicted octanol–water partition coefficient (Wildman–Crippen LogP) is 1.83. The van der Waals surface area contributed by atoms with Crippen LogP contribution in [-0.2, 0) is 4.79 Å². The monoisotopic (exact) mass is 316 g/mol. The molecule has 0 fully saturated rings. The highest BCUT2D eigenvalue weighted by Crippen LogP contribution is 2.18. The van der Waals surface area contributed by atoms with Crippen molar-refractivity contribution in [3.8, 4) is 0 Å². The van der Waals surface area contributed by atoms with E-state index in [1.807, 2.05) is 0 Å². The van der Waals surface area contributed by atoms with Crippen LogP contribution in [0.1, 0.15) is 17.3 Å². The van der Waals surface area contributed by atoms with Gasteiger partial charge in [-0.15, -0.1) is 0 Å². The Bertz CT molecular complexity index is 706. The average molecular weight is 316 g/mol. The molecule has 0 unspecified atom stereocenters. The molecule has 0 aliphatic heterocycles. The highest BCUT2D eigenvalue weighted by atomic mass is 19.1. The van der Waals surface area contributed by atoms with E-state index in [1.165, 1.54) is 25.3 Å². The van der Waals surface area contributed by atoms with E-state index in [0.29, 0.717) is 30.2 Å². The molecule has 1 heterocycles. The van der Waals surface area contributed by atoms with Gasteiger partial charge >= 0.3 is 0 Å². The average Bonchev–Trinajstić information content (AvgIpc) is 2.52. The largest absolute Gasteiger partial charge is 0.355 e. The molecule has 2 amide bonds. The van der Waals surface area contributed by atoms with E-state index in [9.17, 15) is 14.0 Å². The van der Waals surface area contributed by atoms with Crippen molar-refractivity contribution in [2.75, 3.05) is 18.4 Å². The van der Waals surface area contributed by atoms with Gasteiger partial charge in [-0.05, 0) is 30.3 Å². The molecule has 0 saturated carbocycles. The summed E-state index contributed by atoms with van der Waals surface area (Å²) in [5, 5.41) is 8.19. The minimum atomic E-state index is -0.382. The summed E-state index contributed by atoms with van der Waals surface area (Å²) >= 11 is 0. The second-order valence-corrected chi connectivity index (χ2v) is 4.77. The Morgan fingerprint density at radius 3 is 2.65 bits per heavy atom. The molecule has 2 rings (SSSR count). The van der Waals surface area contributed by atoms with Gasteiger partial charge in [0.05, 0.1) is 5.56 Å². The number of halogens is 1. The molecule has 2 aromatic rings. The van der Waals surface area contributed by atoms with Crippen molar-refractivity contribution >= 4 is 23.3 Å². The van der Waals surface area contributed by atoms with E-state index in [2.05, 4.69) is 20.9 Å². The third-order valence-electron chi connectivity index (χ3n) is 2.92. The summed E-state index contributed by atoms with van der Waals surface area (Å²) in [6, 6.07) is 9.14. The summed E-state index contributed by atoms with van der Waals surface area (Å²) < 4.78 is 13.2. The second-order valence-electron chi connectivity index (χ2n) is 4.77. The quantitative estimate of drug-likeness (QED) is 0.710. The number of rotatable bonds is 6. The number of hydrogen-bond donors (Lipinski definition) is 3. The van der Waals surface area contributed by atoms with Gasteiger partial charge in [-0.25, -0.2) is 9.37 Å². The van der Waals surface area contributed by atoms with Crippen LogP contribution in [0, 0.1) is 5.82 Å². The first-order chi connectivity index (χ1) is 11.1. The van der Waals surface area contributed by atoms with Gasteiger partial charge in [0.2, 0.25) is 5.91 Å².